The molecule has 2 N–H and O–H groups in total. The van der Waals surface area contributed by atoms with Gasteiger partial charge in [0.15, 0.2) is 0 Å². The van der Waals surface area contributed by atoms with Gasteiger partial charge in [0, 0.05) is 6.54 Å². The second kappa shape index (κ2) is 7.23. The largest absolute Gasteiger partial charge is 0.418 e. The average molecular weight is 342 g/mol. The number of para-hydroxylation sites is 1. The highest BCUT2D eigenvalue weighted by atomic mass is 19.4. The number of carbonyl (C=O) groups excluding carboxylic acids is 2. The van der Waals surface area contributed by atoms with Gasteiger partial charge in [0.1, 0.15) is 0 Å². The summed E-state index contributed by atoms with van der Waals surface area (Å²) < 4.78 is 38.7. The molecule has 0 spiro atoms. The molecule has 4 nitrogen and oxygen atoms in total. The van der Waals surface area contributed by atoms with Crippen LogP contribution < -0.4 is 10.6 Å². The van der Waals surface area contributed by atoms with Gasteiger partial charge in [-0.1, -0.05) is 26.0 Å². The summed E-state index contributed by atoms with van der Waals surface area (Å²) in [6, 6.07) is 4.81. The molecule has 1 fully saturated rings. The maximum atomic E-state index is 12.9. The van der Waals surface area contributed by atoms with Gasteiger partial charge in [0.25, 0.3) is 0 Å². The van der Waals surface area contributed by atoms with Crippen molar-refractivity contribution in [1.82, 2.24) is 5.32 Å². The molecular weight excluding hydrogens is 321 g/mol. The van der Waals surface area contributed by atoms with E-state index >= 15 is 0 Å². The van der Waals surface area contributed by atoms with Crippen molar-refractivity contribution < 1.29 is 22.8 Å². The zero-order chi connectivity index (χ0) is 17.9. The van der Waals surface area contributed by atoms with E-state index in [1.807, 2.05) is 13.8 Å². The number of nitrogens with one attached hydrogen (secondary N) is 2. The molecule has 7 heteroatoms. The molecule has 0 bridgehead atoms. The van der Waals surface area contributed by atoms with Crippen molar-refractivity contribution in [2.24, 2.45) is 17.8 Å². The maximum absolute atomic E-state index is 12.9. The van der Waals surface area contributed by atoms with E-state index in [1.54, 1.807) is 0 Å². The van der Waals surface area contributed by atoms with E-state index in [4.69, 9.17) is 0 Å². The van der Waals surface area contributed by atoms with Gasteiger partial charge in [-0.15, -0.1) is 0 Å². The number of hydrogen-bond donors (Lipinski definition) is 2. The summed E-state index contributed by atoms with van der Waals surface area (Å²) in [7, 11) is 0. The first kappa shape index (κ1) is 18.3. The highest BCUT2D eigenvalue weighted by molar-refractivity contribution is 6.00. The van der Waals surface area contributed by atoms with Crippen LogP contribution in [0, 0.1) is 17.8 Å². The first-order valence-electron chi connectivity index (χ1n) is 7.95. The van der Waals surface area contributed by atoms with Crippen LogP contribution in [0.3, 0.4) is 0 Å². The van der Waals surface area contributed by atoms with Crippen molar-refractivity contribution >= 4 is 17.5 Å². The smallest absolute Gasteiger partial charge is 0.356 e. The fraction of sp³-hybridized carbons (Fsp3) is 0.529. The Morgan fingerprint density at radius 1 is 1.17 bits per heavy atom. The number of alkyl halides is 3. The Kier molecular flexibility index (Phi) is 5.51. The van der Waals surface area contributed by atoms with Gasteiger partial charge in [-0.25, -0.2) is 0 Å². The Hall–Kier alpha value is -2.05. The lowest BCUT2D eigenvalue weighted by atomic mass is 10.1. The minimum absolute atomic E-state index is 0.208. The van der Waals surface area contributed by atoms with Gasteiger partial charge < -0.3 is 10.6 Å². The Balaban J connectivity index is 1.90. The number of carbonyl (C=O) groups is 2. The first-order valence-corrected chi connectivity index (χ1v) is 7.95. The van der Waals surface area contributed by atoms with Crippen molar-refractivity contribution in [2.45, 2.75) is 32.9 Å². The van der Waals surface area contributed by atoms with Gasteiger partial charge in [-0.3, -0.25) is 9.59 Å². The molecule has 2 rings (SSSR count). The number of halogens is 3. The van der Waals surface area contributed by atoms with Gasteiger partial charge in [-0.05, 0) is 30.9 Å². The van der Waals surface area contributed by atoms with Crippen molar-refractivity contribution in [1.29, 1.82) is 0 Å². The zero-order valence-corrected chi connectivity index (χ0v) is 13.6. The first-order chi connectivity index (χ1) is 11.2. The van der Waals surface area contributed by atoms with Crippen LogP contribution in [0.25, 0.3) is 0 Å². The quantitative estimate of drug-likeness (QED) is 0.832. The highest BCUT2D eigenvalue weighted by Gasteiger charge is 2.48. The van der Waals surface area contributed by atoms with Crippen molar-refractivity contribution in [2.75, 3.05) is 11.9 Å². The number of amides is 2. The summed E-state index contributed by atoms with van der Waals surface area (Å²) in [4.78, 5) is 24.0. The van der Waals surface area contributed by atoms with Crippen molar-refractivity contribution in [3.05, 3.63) is 29.8 Å². The molecule has 132 valence electrons. The van der Waals surface area contributed by atoms with Gasteiger partial charge in [0.05, 0.1) is 23.1 Å². The van der Waals surface area contributed by atoms with Crippen LogP contribution in [0.15, 0.2) is 24.3 Å². The Morgan fingerprint density at radius 3 is 2.42 bits per heavy atom. The van der Waals surface area contributed by atoms with Crippen LogP contribution in [-0.2, 0) is 15.8 Å². The maximum Gasteiger partial charge on any atom is 0.418 e. The van der Waals surface area contributed by atoms with Gasteiger partial charge in [0.2, 0.25) is 11.8 Å². The van der Waals surface area contributed by atoms with Gasteiger partial charge >= 0.3 is 6.18 Å². The molecule has 24 heavy (non-hydrogen) atoms. The fourth-order valence-corrected chi connectivity index (χ4v) is 2.45. The predicted octanol–water partition coefficient (Wildman–Crippen LogP) is 3.44. The molecule has 1 aromatic carbocycles. The summed E-state index contributed by atoms with van der Waals surface area (Å²) >= 11 is 0. The number of benzene rings is 1. The topological polar surface area (TPSA) is 58.2 Å². The lowest BCUT2D eigenvalue weighted by Crippen LogP contribution is -2.29. The molecule has 0 aliphatic heterocycles. The standard InChI is InChI=1S/C17H21F3N2O2/c1-10(2)7-8-21-15(23)11-9-12(11)16(24)22-14-6-4-3-5-13(14)17(18,19)20/h3-6,10-12H,7-9H2,1-2H3,(H,21,23)(H,22,24). The van der Waals surface area contributed by atoms with E-state index in [1.165, 1.54) is 18.2 Å². The lowest BCUT2D eigenvalue weighted by molar-refractivity contribution is -0.137. The van der Waals surface area contributed by atoms with Crippen molar-refractivity contribution in [3.8, 4) is 0 Å². The van der Waals surface area contributed by atoms with Crippen LogP contribution in [0.2, 0.25) is 0 Å². The molecule has 0 saturated heterocycles. The minimum atomic E-state index is -4.54. The Bertz CT molecular complexity index is 614. The SMILES string of the molecule is CC(C)CCNC(=O)C1CC1C(=O)Nc1ccccc1C(F)(F)F. The Labute approximate surface area is 138 Å². The predicted molar refractivity (Wildman–Crippen MR) is 84.1 cm³/mol. The highest BCUT2D eigenvalue weighted by Crippen LogP contribution is 2.41. The molecule has 0 heterocycles. The molecule has 1 aliphatic rings. The second-order valence-electron chi connectivity index (χ2n) is 6.45. The second-order valence-corrected chi connectivity index (χ2v) is 6.45. The molecule has 0 aromatic heterocycles. The number of hydrogen-bond acceptors (Lipinski definition) is 2. The van der Waals surface area contributed by atoms with Crippen LogP contribution in [0.4, 0.5) is 18.9 Å². The molecular formula is C17H21F3N2O2. The number of anilines is 1. The molecule has 2 unspecified atom stereocenters. The molecule has 1 aromatic rings. The van der Waals surface area contributed by atoms with Gasteiger partial charge in [-0.2, -0.15) is 13.2 Å². The summed E-state index contributed by atoms with van der Waals surface area (Å²) in [5.41, 5.74) is -1.17. The van der Waals surface area contributed by atoms with Crippen LogP contribution >= 0.6 is 0 Å². The Morgan fingerprint density at radius 2 is 1.79 bits per heavy atom. The zero-order valence-electron chi connectivity index (χ0n) is 13.6. The summed E-state index contributed by atoms with van der Waals surface area (Å²) in [5, 5.41) is 5.06. The van der Waals surface area contributed by atoms with E-state index in [-0.39, 0.29) is 11.6 Å². The molecule has 1 saturated carbocycles. The summed E-state index contributed by atoms with van der Waals surface area (Å²) in [6.07, 6.45) is -3.33. The fourth-order valence-electron chi connectivity index (χ4n) is 2.45. The van der Waals surface area contributed by atoms with Crippen LogP contribution in [0.5, 0.6) is 0 Å². The van der Waals surface area contributed by atoms with E-state index in [0.717, 1.165) is 12.5 Å². The van der Waals surface area contributed by atoms with Crippen molar-refractivity contribution in [3.63, 3.8) is 0 Å². The number of rotatable bonds is 6. The molecule has 0 radical (unpaired) electrons. The van der Waals surface area contributed by atoms with Crippen LogP contribution in [-0.4, -0.2) is 18.4 Å². The monoisotopic (exact) mass is 342 g/mol. The van der Waals surface area contributed by atoms with E-state index in [9.17, 15) is 22.8 Å². The van der Waals surface area contributed by atoms with Crippen LogP contribution in [0.1, 0.15) is 32.3 Å². The van der Waals surface area contributed by atoms with E-state index in [0.29, 0.717) is 18.9 Å². The third kappa shape index (κ3) is 4.72. The summed E-state index contributed by atoms with van der Waals surface area (Å²) in [6.45, 7) is 4.62. The summed E-state index contributed by atoms with van der Waals surface area (Å²) in [5.74, 6) is -1.31. The van der Waals surface area contributed by atoms with E-state index < -0.39 is 29.5 Å². The molecule has 2 atom stereocenters. The minimum Gasteiger partial charge on any atom is -0.356 e. The molecule has 1 aliphatic carbocycles. The van der Waals surface area contributed by atoms with E-state index in [2.05, 4.69) is 10.6 Å². The third-order valence-corrected chi connectivity index (χ3v) is 3.98. The average Bonchev–Trinajstić information content (AvgIpc) is 3.26. The lowest BCUT2D eigenvalue weighted by Gasteiger charge is -2.13. The molecule has 2 amide bonds. The normalized spacial score (nSPS) is 19.9. The third-order valence-electron chi connectivity index (χ3n) is 3.98.